The van der Waals surface area contributed by atoms with Crippen LogP contribution in [0.15, 0.2) is 42.7 Å². The Balaban J connectivity index is 1.30. The van der Waals surface area contributed by atoms with Crippen LogP contribution in [-0.4, -0.2) is 38.6 Å². The number of carbonyl (C=O) groups excluding carboxylic acids is 1. The van der Waals surface area contributed by atoms with Crippen molar-refractivity contribution in [3.63, 3.8) is 0 Å². The summed E-state index contributed by atoms with van der Waals surface area (Å²) in [7, 11) is 0. The zero-order chi connectivity index (χ0) is 20.4. The summed E-state index contributed by atoms with van der Waals surface area (Å²) in [5.41, 5.74) is -0.0504. The van der Waals surface area contributed by atoms with Crippen molar-refractivity contribution in [2.24, 2.45) is 5.92 Å². The molecular formula is C19H19F3N6O. The molecule has 1 aliphatic rings. The second kappa shape index (κ2) is 7.69. The molecule has 0 bridgehead atoms. The maximum Gasteiger partial charge on any atom is 0.417 e. The number of piperidine rings is 1. The van der Waals surface area contributed by atoms with Crippen molar-refractivity contribution in [2.75, 3.05) is 18.0 Å². The van der Waals surface area contributed by atoms with Gasteiger partial charge < -0.3 is 10.2 Å². The number of nitrogens with one attached hydrogen (secondary N) is 1. The molecule has 0 radical (unpaired) electrons. The van der Waals surface area contributed by atoms with Crippen LogP contribution >= 0.6 is 0 Å². The molecule has 152 valence electrons. The second-order valence-corrected chi connectivity index (χ2v) is 6.93. The van der Waals surface area contributed by atoms with Gasteiger partial charge in [0.2, 0.25) is 5.91 Å². The molecule has 4 heterocycles. The van der Waals surface area contributed by atoms with E-state index in [2.05, 4.69) is 20.5 Å². The molecule has 3 aromatic heterocycles. The van der Waals surface area contributed by atoms with Gasteiger partial charge in [-0.2, -0.15) is 13.2 Å². The molecule has 1 aliphatic heterocycles. The van der Waals surface area contributed by atoms with Crippen LogP contribution < -0.4 is 10.2 Å². The molecule has 4 rings (SSSR count). The topological polar surface area (TPSA) is 75.4 Å². The molecule has 0 saturated carbocycles. The number of halogens is 3. The van der Waals surface area contributed by atoms with Gasteiger partial charge in [-0.3, -0.25) is 9.20 Å². The van der Waals surface area contributed by atoms with Crippen molar-refractivity contribution in [3.8, 4) is 0 Å². The van der Waals surface area contributed by atoms with E-state index < -0.39 is 11.7 Å². The Labute approximate surface area is 164 Å². The highest BCUT2D eigenvalue weighted by molar-refractivity contribution is 5.78. The van der Waals surface area contributed by atoms with E-state index in [-0.39, 0.29) is 18.4 Å². The van der Waals surface area contributed by atoms with Crippen molar-refractivity contribution in [3.05, 3.63) is 54.1 Å². The van der Waals surface area contributed by atoms with Crippen LogP contribution in [-0.2, 0) is 17.5 Å². The van der Waals surface area contributed by atoms with Gasteiger partial charge >= 0.3 is 6.18 Å². The van der Waals surface area contributed by atoms with E-state index in [1.807, 2.05) is 33.7 Å². The lowest BCUT2D eigenvalue weighted by Gasteiger charge is -2.32. The molecule has 1 N–H and O–H groups in total. The van der Waals surface area contributed by atoms with Gasteiger partial charge in [-0.15, -0.1) is 10.2 Å². The smallest absolute Gasteiger partial charge is 0.357 e. The number of rotatable bonds is 4. The predicted octanol–water partition coefficient (Wildman–Crippen LogP) is 2.68. The van der Waals surface area contributed by atoms with E-state index in [4.69, 9.17) is 0 Å². The highest BCUT2D eigenvalue weighted by atomic mass is 19.4. The van der Waals surface area contributed by atoms with E-state index in [1.54, 1.807) is 0 Å². The SMILES string of the molecule is O=C(NCc1nnc2ccccn12)C1CCN(c2ccc(C(F)(F)F)cn2)CC1. The summed E-state index contributed by atoms with van der Waals surface area (Å²) < 4.78 is 39.8. The molecule has 7 nitrogen and oxygen atoms in total. The standard InChI is InChI=1S/C19H19F3N6O/c20-19(21,22)14-4-5-15(23-11-14)27-9-6-13(7-10-27)18(29)24-12-17-26-25-16-3-1-2-8-28(16)17/h1-5,8,11,13H,6-7,9-10,12H2,(H,24,29). The van der Waals surface area contributed by atoms with Crippen LogP contribution in [0.1, 0.15) is 24.2 Å². The molecule has 1 saturated heterocycles. The van der Waals surface area contributed by atoms with Crippen LogP contribution in [0.25, 0.3) is 5.65 Å². The van der Waals surface area contributed by atoms with Crippen molar-refractivity contribution >= 4 is 17.4 Å². The van der Waals surface area contributed by atoms with Gasteiger partial charge in [0.05, 0.1) is 12.1 Å². The van der Waals surface area contributed by atoms with Gasteiger partial charge in [-0.25, -0.2) is 4.98 Å². The minimum atomic E-state index is -4.40. The molecule has 0 unspecified atom stereocenters. The lowest BCUT2D eigenvalue weighted by molar-refractivity contribution is -0.137. The number of hydrogen-bond acceptors (Lipinski definition) is 5. The molecule has 1 amide bonds. The van der Waals surface area contributed by atoms with Gasteiger partial charge in [-0.1, -0.05) is 6.07 Å². The summed E-state index contributed by atoms with van der Waals surface area (Å²) in [6.45, 7) is 1.40. The number of nitrogens with zero attached hydrogens (tertiary/aromatic N) is 5. The summed E-state index contributed by atoms with van der Waals surface area (Å²) in [6, 6.07) is 7.98. The lowest BCUT2D eigenvalue weighted by atomic mass is 9.96. The predicted molar refractivity (Wildman–Crippen MR) is 99.0 cm³/mol. The first kappa shape index (κ1) is 19.2. The first-order chi connectivity index (χ1) is 13.9. The van der Waals surface area contributed by atoms with E-state index in [9.17, 15) is 18.0 Å². The van der Waals surface area contributed by atoms with Crippen molar-refractivity contribution < 1.29 is 18.0 Å². The summed E-state index contributed by atoms with van der Waals surface area (Å²) in [5, 5.41) is 11.0. The Morgan fingerprint density at radius 2 is 1.93 bits per heavy atom. The molecule has 0 aliphatic carbocycles. The van der Waals surface area contributed by atoms with Crippen LogP contribution in [0.2, 0.25) is 0 Å². The van der Waals surface area contributed by atoms with Crippen molar-refractivity contribution in [1.29, 1.82) is 0 Å². The van der Waals surface area contributed by atoms with E-state index >= 15 is 0 Å². The first-order valence-electron chi connectivity index (χ1n) is 9.26. The van der Waals surface area contributed by atoms with E-state index in [1.165, 1.54) is 6.07 Å². The van der Waals surface area contributed by atoms with Gasteiger partial charge in [-0.05, 0) is 37.1 Å². The summed E-state index contributed by atoms with van der Waals surface area (Å²) in [6.07, 6.45) is -0.500. The molecule has 29 heavy (non-hydrogen) atoms. The molecular weight excluding hydrogens is 385 g/mol. The van der Waals surface area contributed by atoms with E-state index in [0.717, 1.165) is 12.3 Å². The number of aromatic nitrogens is 4. The molecule has 1 fully saturated rings. The molecule has 10 heteroatoms. The Hall–Kier alpha value is -3.17. The monoisotopic (exact) mass is 404 g/mol. The van der Waals surface area contributed by atoms with Gasteiger partial charge in [0.1, 0.15) is 5.82 Å². The lowest BCUT2D eigenvalue weighted by Crippen LogP contribution is -2.40. The molecule has 3 aromatic rings. The van der Waals surface area contributed by atoms with Crippen molar-refractivity contribution in [2.45, 2.75) is 25.6 Å². The van der Waals surface area contributed by atoms with Crippen molar-refractivity contribution in [1.82, 2.24) is 24.9 Å². The first-order valence-corrected chi connectivity index (χ1v) is 9.26. The zero-order valence-electron chi connectivity index (χ0n) is 15.4. The highest BCUT2D eigenvalue weighted by Gasteiger charge is 2.31. The third-order valence-corrected chi connectivity index (χ3v) is 5.07. The number of fused-ring (bicyclic) bond motifs is 1. The largest absolute Gasteiger partial charge is 0.417 e. The summed E-state index contributed by atoms with van der Waals surface area (Å²) in [4.78, 5) is 18.3. The summed E-state index contributed by atoms with van der Waals surface area (Å²) in [5.74, 6) is 0.935. The number of pyridine rings is 2. The molecule has 0 aromatic carbocycles. The van der Waals surface area contributed by atoms with Crippen LogP contribution in [0.3, 0.4) is 0 Å². The third kappa shape index (κ3) is 4.15. The van der Waals surface area contributed by atoms with Crippen LogP contribution in [0.4, 0.5) is 19.0 Å². The van der Waals surface area contributed by atoms with E-state index in [0.29, 0.717) is 43.2 Å². The zero-order valence-corrected chi connectivity index (χ0v) is 15.4. The fourth-order valence-corrected chi connectivity index (χ4v) is 3.43. The Morgan fingerprint density at radius 3 is 2.62 bits per heavy atom. The quantitative estimate of drug-likeness (QED) is 0.724. The maximum atomic E-state index is 12.7. The number of carbonyl (C=O) groups is 1. The Kier molecular flexibility index (Phi) is 5.08. The van der Waals surface area contributed by atoms with Gasteiger partial charge in [0.15, 0.2) is 11.5 Å². The highest BCUT2D eigenvalue weighted by Crippen LogP contribution is 2.30. The van der Waals surface area contributed by atoms with Crippen LogP contribution in [0.5, 0.6) is 0 Å². The number of alkyl halides is 3. The Bertz CT molecular complexity index is 993. The molecule has 0 atom stereocenters. The van der Waals surface area contributed by atoms with Gasteiger partial charge in [0, 0.05) is 31.4 Å². The molecule has 0 spiro atoms. The second-order valence-electron chi connectivity index (χ2n) is 6.93. The van der Waals surface area contributed by atoms with Crippen LogP contribution in [0, 0.1) is 5.92 Å². The Morgan fingerprint density at radius 1 is 1.14 bits per heavy atom. The van der Waals surface area contributed by atoms with Gasteiger partial charge in [0.25, 0.3) is 0 Å². The number of amides is 1. The normalized spacial score (nSPS) is 15.6. The maximum absolute atomic E-state index is 12.7. The average Bonchev–Trinajstić information content (AvgIpc) is 3.15. The number of anilines is 1. The minimum absolute atomic E-state index is 0.0577. The fraction of sp³-hybridized carbons (Fsp3) is 0.368. The fourth-order valence-electron chi connectivity index (χ4n) is 3.43. The third-order valence-electron chi connectivity index (χ3n) is 5.07. The summed E-state index contributed by atoms with van der Waals surface area (Å²) >= 11 is 0. The number of hydrogen-bond donors (Lipinski definition) is 1. The average molecular weight is 404 g/mol. The minimum Gasteiger partial charge on any atom is -0.357 e.